The molecule has 3 heterocycles. The van der Waals surface area contributed by atoms with Crippen molar-refractivity contribution in [3.63, 3.8) is 0 Å². The highest BCUT2D eigenvalue weighted by molar-refractivity contribution is 7.92. The van der Waals surface area contributed by atoms with Crippen molar-refractivity contribution in [2.24, 2.45) is 0 Å². The minimum Gasteiger partial charge on any atom is -0.465 e. The Morgan fingerprint density at radius 3 is 2.48 bits per heavy atom. The van der Waals surface area contributed by atoms with Gasteiger partial charge in [0.05, 0.1) is 27.9 Å². The Labute approximate surface area is 188 Å². The van der Waals surface area contributed by atoms with Crippen LogP contribution in [-0.4, -0.2) is 53.0 Å². The molecule has 11 heteroatoms. The molecule has 168 valence electrons. The third-order valence-corrected chi connectivity index (χ3v) is 8.27. The van der Waals surface area contributed by atoms with Crippen LogP contribution < -0.4 is 10.2 Å². The molecule has 1 amide bonds. The van der Waals surface area contributed by atoms with Gasteiger partial charge in [-0.1, -0.05) is 6.07 Å². The first-order valence-corrected chi connectivity index (χ1v) is 11.9. The lowest BCUT2D eigenvalue weighted by Gasteiger charge is -2.29. The van der Waals surface area contributed by atoms with E-state index >= 15 is 0 Å². The highest BCUT2D eigenvalue weighted by Gasteiger charge is 2.48. The maximum absolute atomic E-state index is 14.2. The second kappa shape index (κ2) is 7.60. The molecule has 5 rings (SSSR count). The van der Waals surface area contributed by atoms with Gasteiger partial charge in [-0.3, -0.25) is 5.32 Å². The molecule has 33 heavy (non-hydrogen) atoms. The fourth-order valence-electron chi connectivity index (χ4n) is 4.52. The summed E-state index contributed by atoms with van der Waals surface area (Å²) in [5, 5.41) is 24.2. The van der Waals surface area contributed by atoms with Gasteiger partial charge in [-0.25, -0.2) is 22.3 Å². The number of nitriles is 1. The van der Waals surface area contributed by atoms with Crippen molar-refractivity contribution in [1.29, 1.82) is 5.26 Å². The van der Waals surface area contributed by atoms with Gasteiger partial charge in [0.1, 0.15) is 11.9 Å². The van der Waals surface area contributed by atoms with Crippen LogP contribution in [-0.2, 0) is 9.84 Å². The second-order valence-corrected chi connectivity index (χ2v) is 10.4. The topological polar surface area (TPSA) is 128 Å². The molecule has 1 aromatic heterocycles. The Morgan fingerprint density at radius 1 is 1.18 bits per heavy atom. The summed E-state index contributed by atoms with van der Waals surface area (Å²) in [6.07, 6.45) is -0.645. The summed E-state index contributed by atoms with van der Waals surface area (Å²) < 4.78 is 39.8. The smallest absolute Gasteiger partial charge is 0.410 e. The van der Waals surface area contributed by atoms with Gasteiger partial charge < -0.3 is 10.0 Å². The highest BCUT2D eigenvalue weighted by atomic mass is 32.2. The number of aromatic nitrogens is 2. The lowest BCUT2D eigenvalue weighted by molar-refractivity contribution is 0.209. The molecular formula is C22H18FN5O4S. The van der Waals surface area contributed by atoms with E-state index in [0.717, 1.165) is 5.69 Å². The standard InChI is InChI=1S/C22H18FN5O4S/c23-19-7-13(1-2-14(19)10-24)20-9-21(25-22(29)30)26-28(20)16-5-3-15(4-6-16)27-11-18-8-17(27)12-33(18,31)32/h1-7,9,17-18H,8,11-12H2,(H,25,26)(H,29,30). The molecule has 2 unspecified atom stereocenters. The number of halogens is 1. The molecule has 2 saturated heterocycles. The minimum absolute atomic E-state index is 0.0286. The quantitative estimate of drug-likeness (QED) is 0.604. The van der Waals surface area contributed by atoms with Crippen LogP contribution in [0, 0.1) is 17.1 Å². The van der Waals surface area contributed by atoms with E-state index < -0.39 is 21.7 Å². The molecule has 9 nitrogen and oxygen atoms in total. The Balaban J connectivity index is 1.50. The normalized spacial score (nSPS) is 20.5. The van der Waals surface area contributed by atoms with E-state index in [1.807, 2.05) is 12.1 Å². The number of nitrogens with one attached hydrogen (secondary N) is 1. The molecule has 2 aliphatic heterocycles. The SMILES string of the molecule is N#Cc1ccc(-c2cc(NC(=O)O)nn2-c2ccc(N3CC4CC3CS4(=O)=O)cc2)cc1F. The molecule has 0 saturated carbocycles. The summed E-state index contributed by atoms with van der Waals surface area (Å²) in [5.74, 6) is -0.463. The van der Waals surface area contributed by atoms with Crippen molar-refractivity contribution in [2.45, 2.75) is 17.7 Å². The molecular weight excluding hydrogens is 449 g/mol. The molecule has 2 atom stereocenters. The van der Waals surface area contributed by atoms with Crippen LogP contribution in [0.5, 0.6) is 0 Å². The van der Waals surface area contributed by atoms with E-state index in [1.54, 1.807) is 24.3 Å². The third-order valence-electron chi connectivity index (χ3n) is 6.06. The van der Waals surface area contributed by atoms with E-state index in [2.05, 4.69) is 15.3 Å². The average Bonchev–Trinajstić information content (AvgIpc) is 3.45. The molecule has 2 aliphatic rings. The maximum atomic E-state index is 14.2. The number of carbonyl (C=O) groups is 1. The van der Waals surface area contributed by atoms with Gasteiger partial charge >= 0.3 is 6.09 Å². The van der Waals surface area contributed by atoms with Crippen molar-refractivity contribution >= 4 is 27.4 Å². The number of anilines is 2. The summed E-state index contributed by atoms with van der Waals surface area (Å²) >= 11 is 0. The Hall–Kier alpha value is -3.91. The monoisotopic (exact) mass is 467 g/mol. The van der Waals surface area contributed by atoms with Crippen LogP contribution in [0.15, 0.2) is 48.5 Å². The molecule has 0 aliphatic carbocycles. The Kier molecular flexibility index (Phi) is 4.83. The maximum Gasteiger partial charge on any atom is 0.410 e. The molecule has 2 bridgehead atoms. The predicted octanol–water partition coefficient (Wildman–Crippen LogP) is 3.02. The van der Waals surface area contributed by atoms with Crippen molar-refractivity contribution in [3.05, 3.63) is 59.9 Å². The fraction of sp³-hybridized carbons (Fsp3) is 0.227. The third kappa shape index (κ3) is 3.68. The number of fused-ring (bicyclic) bond motifs is 2. The first-order chi connectivity index (χ1) is 15.7. The molecule has 2 fully saturated rings. The van der Waals surface area contributed by atoms with Gasteiger partial charge in [0, 0.05) is 29.9 Å². The van der Waals surface area contributed by atoms with Gasteiger partial charge in [-0.2, -0.15) is 5.26 Å². The van der Waals surface area contributed by atoms with Crippen molar-refractivity contribution < 1.29 is 22.7 Å². The van der Waals surface area contributed by atoms with Crippen LogP contribution in [0.3, 0.4) is 0 Å². The van der Waals surface area contributed by atoms with Gasteiger partial charge in [0.25, 0.3) is 0 Å². The largest absolute Gasteiger partial charge is 0.465 e. The Bertz CT molecular complexity index is 1410. The van der Waals surface area contributed by atoms with Gasteiger partial charge in [-0.15, -0.1) is 5.10 Å². The number of sulfone groups is 1. The van der Waals surface area contributed by atoms with Crippen LogP contribution in [0.4, 0.5) is 20.7 Å². The first-order valence-electron chi connectivity index (χ1n) is 10.1. The number of rotatable bonds is 4. The lowest BCUT2D eigenvalue weighted by atomic mass is 10.1. The van der Waals surface area contributed by atoms with Gasteiger partial charge in [0.2, 0.25) is 0 Å². The number of amides is 1. The lowest BCUT2D eigenvalue weighted by Crippen LogP contribution is -2.40. The van der Waals surface area contributed by atoms with Gasteiger partial charge in [0.15, 0.2) is 15.7 Å². The van der Waals surface area contributed by atoms with Crippen LogP contribution in [0.1, 0.15) is 12.0 Å². The van der Waals surface area contributed by atoms with Crippen LogP contribution >= 0.6 is 0 Å². The van der Waals surface area contributed by atoms with Crippen molar-refractivity contribution in [2.75, 3.05) is 22.5 Å². The number of hydrogen-bond donors (Lipinski definition) is 2. The number of nitrogens with zero attached hydrogens (tertiary/aromatic N) is 4. The zero-order chi connectivity index (χ0) is 23.3. The summed E-state index contributed by atoms with van der Waals surface area (Å²) in [5.41, 5.74) is 2.25. The van der Waals surface area contributed by atoms with Crippen LogP contribution in [0.2, 0.25) is 0 Å². The molecule has 2 aromatic carbocycles. The summed E-state index contributed by atoms with van der Waals surface area (Å²) in [6, 6.07) is 14.6. The van der Waals surface area contributed by atoms with Crippen LogP contribution in [0.25, 0.3) is 16.9 Å². The molecule has 0 spiro atoms. The Morgan fingerprint density at radius 2 is 1.91 bits per heavy atom. The van der Waals surface area contributed by atoms with E-state index in [9.17, 15) is 17.6 Å². The van der Waals surface area contributed by atoms with E-state index in [4.69, 9.17) is 10.4 Å². The first kappa shape index (κ1) is 21.0. The zero-order valence-corrected chi connectivity index (χ0v) is 18.0. The summed E-state index contributed by atoms with van der Waals surface area (Å²) in [4.78, 5) is 13.2. The summed E-state index contributed by atoms with van der Waals surface area (Å²) in [6.45, 7) is 0.469. The van der Waals surface area contributed by atoms with E-state index in [-0.39, 0.29) is 28.4 Å². The summed E-state index contributed by atoms with van der Waals surface area (Å²) in [7, 11) is -2.99. The predicted molar refractivity (Wildman–Crippen MR) is 119 cm³/mol. The minimum atomic E-state index is -2.99. The van der Waals surface area contributed by atoms with Crippen molar-refractivity contribution in [3.8, 4) is 23.0 Å². The zero-order valence-electron chi connectivity index (χ0n) is 17.1. The number of hydrogen-bond acceptors (Lipinski definition) is 6. The molecule has 3 aromatic rings. The average molecular weight is 467 g/mol. The van der Waals surface area contributed by atoms with Gasteiger partial charge in [-0.05, 0) is 42.8 Å². The number of benzene rings is 2. The van der Waals surface area contributed by atoms with E-state index in [1.165, 1.54) is 22.9 Å². The highest BCUT2D eigenvalue weighted by Crippen LogP contribution is 2.37. The van der Waals surface area contributed by atoms with Crippen molar-refractivity contribution in [1.82, 2.24) is 9.78 Å². The molecule has 0 radical (unpaired) electrons. The second-order valence-electron chi connectivity index (χ2n) is 8.07. The fourth-order valence-corrected chi connectivity index (χ4v) is 6.54. The molecule has 2 N–H and O–H groups in total. The number of carboxylic acid groups (broad SMARTS) is 1. The van der Waals surface area contributed by atoms with E-state index in [0.29, 0.717) is 29.9 Å².